The smallest absolute Gasteiger partial charge is 0.122 e. The second-order valence-electron chi connectivity index (χ2n) is 3.36. The summed E-state index contributed by atoms with van der Waals surface area (Å²) in [6, 6.07) is 5.93. The minimum Gasteiger partial charge on any atom is -0.491 e. The number of ether oxygens (including phenoxy) is 1. The van der Waals surface area contributed by atoms with Gasteiger partial charge in [-0.25, -0.2) is 0 Å². The number of aryl methyl sites for hydroxylation is 1. The van der Waals surface area contributed by atoms with E-state index in [9.17, 15) is 0 Å². The summed E-state index contributed by atoms with van der Waals surface area (Å²) in [5.41, 5.74) is 2.35. The van der Waals surface area contributed by atoms with E-state index < -0.39 is 6.10 Å². The monoisotopic (exact) mass is 216 g/mol. The Morgan fingerprint density at radius 3 is 2.57 bits per heavy atom. The SMILES string of the molecule is Cc1cccc(OCC(C)O)c1C.Cl. The molecule has 1 N–H and O–H groups in total. The molecule has 1 atom stereocenters. The Bertz CT molecular complexity index is 285. The lowest BCUT2D eigenvalue weighted by atomic mass is 10.1. The third kappa shape index (κ3) is 3.56. The van der Waals surface area contributed by atoms with E-state index in [2.05, 4.69) is 0 Å². The lowest BCUT2D eigenvalue weighted by Crippen LogP contribution is -2.13. The normalized spacial score (nSPS) is 11.7. The lowest BCUT2D eigenvalue weighted by molar-refractivity contribution is 0.122. The average molecular weight is 217 g/mol. The molecule has 0 aliphatic carbocycles. The van der Waals surface area contributed by atoms with Gasteiger partial charge in [0.15, 0.2) is 0 Å². The van der Waals surface area contributed by atoms with Gasteiger partial charge in [-0.3, -0.25) is 0 Å². The molecule has 0 fully saturated rings. The molecule has 80 valence electrons. The van der Waals surface area contributed by atoms with Crippen LogP contribution < -0.4 is 4.74 Å². The molecule has 1 unspecified atom stereocenters. The number of hydrogen-bond donors (Lipinski definition) is 1. The molecule has 0 radical (unpaired) electrons. The average Bonchev–Trinajstić information content (AvgIpc) is 2.07. The number of rotatable bonds is 3. The van der Waals surface area contributed by atoms with Crippen LogP contribution in [0.25, 0.3) is 0 Å². The van der Waals surface area contributed by atoms with E-state index in [0.29, 0.717) is 6.61 Å². The molecule has 0 heterocycles. The largest absolute Gasteiger partial charge is 0.491 e. The number of hydrogen-bond acceptors (Lipinski definition) is 2. The molecule has 0 saturated carbocycles. The lowest BCUT2D eigenvalue weighted by Gasteiger charge is -2.11. The summed E-state index contributed by atoms with van der Waals surface area (Å²) in [4.78, 5) is 0. The van der Waals surface area contributed by atoms with Gasteiger partial charge in [-0.1, -0.05) is 12.1 Å². The molecule has 0 saturated heterocycles. The molecule has 3 heteroatoms. The summed E-state index contributed by atoms with van der Waals surface area (Å²) in [6.45, 7) is 6.13. The van der Waals surface area contributed by atoms with Gasteiger partial charge in [0.05, 0.1) is 6.10 Å². The van der Waals surface area contributed by atoms with Crippen molar-refractivity contribution in [3.8, 4) is 5.75 Å². The molecular weight excluding hydrogens is 200 g/mol. The molecule has 2 nitrogen and oxygen atoms in total. The number of benzene rings is 1. The van der Waals surface area contributed by atoms with Crippen molar-refractivity contribution in [3.05, 3.63) is 29.3 Å². The highest BCUT2D eigenvalue weighted by Crippen LogP contribution is 2.20. The van der Waals surface area contributed by atoms with Crippen molar-refractivity contribution < 1.29 is 9.84 Å². The Hall–Kier alpha value is -0.730. The van der Waals surface area contributed by atoms with Crippen molar-refractivity contribution in [2.24, 2.45) is 0 Å². The van der Waals surface area contributed by atoms with Gasteiger partial charge in [-0.2, -0.15) is 0 Å². The second kappa shape index (κ2) is 5.89. The van der Waals surface area contributed by atoms with Crippen LogP contribution in [0.2, 0.25) is 0 Å². The molecule has 1 rings (SSSR count). The summed E-state index contributed by atoms with van der Waals surface area (Å²) in [5, 5.41) is 9.05. The maximum atomic E-state index is 9.05. The first-order chi connectivity index (χ1) is 6.11. The van der Waals surface area contributed by atoms with E-state index in [1.54, 1.807) is 6.92 Å². The van der Waals surface area contributed by atoms with Crippen LogP contribution in [0.1, 0.15) is 18.1 Å². The van der Waals surface area contributed by atoms with Crippen molar-refractivity contribution >= 4 is 12.4 Å². The summed E-state index contributed by atoms with van der Waals surface area (Å²) >= 11 is 0. The van der Waals surface area contributed by atoms with Crippen LogP contribution in [0.15, 0.2) is 18.2 Å². The van der Waals surface area contributed by atoms with Gasteiger partial charge in [0.25, 0.3) is 0 Å². The van der Waals surface area contributed by atoms with Crippen LogP contribution in [0.5, 0.6) is 5.75 Å². The number of aliphatic hydroxyl groups excluding tert-OH is 1. The highest BCUT2D eigenvalue weighted by atomic mass is 35.5. The number of aliphatic hydroxyl groups is 1. The van der Waals surface area contributed by atoms with E-state index in [0.717, 1.165) is 11.3 Å². The van der Waals surface area contributed by atoms with E-state index in [1.807, 2.05) is 32.0 Å². The van der Waals surface area contributed by atoms with E-state index in [4.69, 9.17) is 9.84 Å². The van der Waals surface area contributed by atoms with Crippen LogP contribution >= 0.6 is 12.4 Å². The Kier molecular flexibility index (Phi) is 5.58. The van der Waals surface area contributed by atoms with Gasteiger partial charge >= 0.3 is 0 Å². The first kappa shape index (κ1) is 13.3. The third-order valence-corrected chi connectivity index (χ3v) is 2.03. The van der Waals surface area contributed by atoms with E-state index >= 15 is 0 Å². The van der Waals surface area contributed by atoms with Crippen molar-refractivity contribution in [2.75, 3.05) is 6.61 Å². The Morgan fingerprint density at radius 1 is 1.36 bits per heavy atom. The maximum Gasteiger partial charge on any atom is 0.122 e. The zero-order valence-electron chi connectivity index (χ0n) is 8.78. The molecule has 0 aliphatic heterocycles. The van der Waals surface area contributed by atoms with Crippen molar-refractivity contribution in [2.45, 2.75) is 26.9 Å². The second-order valence-corrected chi connectivity index (χ2v) is 3.36. The molecule has 0 aliphatic rings. The van der Waals surface area contributed by atoms with Crippen LogP contribution in [0.3, 0.4) is 0 Å². The molecule has 0 amide bonds. The van der Waals surface area contributed by atoms with Crippen molar-refractivity contribution in [3.63, 3.8) is 0 Å². The predicted octanol–water partition coefficient (Wildman–Crippen LogP) is 2.48. The molecule has 0 spiro atoms. The zero-order valence-corrected chi connectivity index (χ0v) is 9.60. The fraction of sp³-hybridized carbons (Fsp3) is 0.455. The first-order valence-corrected chi connectivity index (χ1v) is 4.48. The fourth-order valence-corrected chi connectivity index (χ4v) is 1.09. The molecule has 1 aromatic rings. The first-order valence-electron chi connectivity index (χ1n) is 4.48. The third-order valence-electron chi connectivity index (χ3n) is 2.03. The van der Waals surface area contributed by atoms with Gasteiger partial charge in [-0.15, -0.1) is 12.4 Å². The van der Waals surface area contributed by atoms with Crippen LogP contribution in [0.4, 0.5) is 0 Å². The summed E-state index contributed by atoms with van der Waals surface area (Å²) in [6.07, 6.45) is -0.417. The zero-order chi connectivity index (χ0) is 9.84. The standard InChI is InChI=1S/C11H16O2.ClH/c1-8-5-4-6-11(10(8)3)13-7-9(2)12;/h4-6,9,12H,7H2,1-3H3;1H. The molecular formula is C11H17ClO2. The summed E-state index contributed by atoms with van der Waals surface area (Å²) < 4.78 is 5.43. The fourth-order valence-electron chi connectivity index (χ4n) is 1.09. The topological polar surface area (TPSA) is 29.5 Å². The van der Waals surface area contributed by atoms with Crippen LogP contribution in [-0.4, -0.2) is 17.8 Å². The Morgan fingerprint density at radius 2 is 2.00 bits per heavy atom. The van der Waals surface area contributed by atoms with E-state index in [1.165, 1.54) is 5.56 Å². The maximum absolute atomic E-state index is 9.05. The Labute approximate surface area is 91.3 Å². The van der Waals surface area contributed by atoms with Gasteiger partial charge in [0, 0.05) is 0 Å². The molecule has 0 aromatic heterocycles. The summed E-state index contributed by atoms with van der Waals surface area (Å²) in [7, 11) is 0. The quantitative estimate of drug-likeness (QED) is 0.841. The molecule has 14 heavy (non-hydrogen) atoms. The van der Waals surface area contributed by atoms with E-state index in [-0.39, 0.29) is 12.4 Å². The molecule has 1 aromatic carbocycles. The van der Waals surface area contributed by atoms with Crippen molar-refractivity contribution in [1.29, 1.82) is 0 Å². The highest BCUT2D eigenvalue weighted by Gasteiger charge is 2.02. The van der Waals surface area contributed by atoms with Gasteiger partial charge in [0.2, 0.25) is 0 Å². The molecule has 0 bridgehead atoms. The minimum atomic E-state index is -0.417. The van der Waals surface area contributed by atoms with Crippen LogP contribution in [0, 0.1) is 13.8 Å². The highest BCUT2D eigenvalue weighted by molar-refractivity contribution is 5.85. The predicted molar refractivity (Wildman–Crippen MR) is 60.3 cm³/mol. The minimum absolute atomic E-state index is 0. The summed E-state index contributed by atoms with van der Waals surface area (Å²) in [5.74, 6) is 0.862. The van der Waals surface area contributed by atoms with Crippen LogP contribution in [-0.2, 0) is 0 Å². The van der Waals surface area contributed by atoms with Gasteiger partial charge < -0.3 is 9.84 Å². The Balaban J connectivity index is 0.00000169. The van der Waals surface area contributed by atoms with Gasteiger partial charge in [0.1, 0.15) is 12.4 Å². The number of halogens is 1. The van der Waals surface area contributed by atoms with Crippen molar-refractivity contribution in [1.82, 2.24) is 0 Å². The van der Waals surface area contributed by atoms with Gasteiger partial charge in [-0.05, 0) is 38.0 Å².